The van der Waals surface area contributed by atoms with Crippen LogP contribution in [0.3, 0.4) is 0 Å². The normalized spacial score (nSPS) is 11.6. The molecule has 182 valence electrons. The fourth-order valence-corrected chi connectivity index (χ4v) is 4.91. The lowest BCUT2D eigenvalue weighted by Crippen LogP contribution is -2.28. The van der Waals surface area contributed by atoms with Crippen molar-refractivity contribution in [3.05, 3.63) is 127 Å². The molecule has 0 radical (unpaired) electrons. The van der Waals surface area contributed by atoms with Crippen molar-refractivity contribution in [2.75, 3.05) is 13.2 Å². The predicted molar refractivity (Wildman–Crippen MR) is 149 cm³/mol. The van der Waals surface area contributed by atoms with E-state index >= 15 is 0 Å². The average Bonchev–Trinajstić information content (AvgIpc) is 2.96. The summed E-state index contributed by atoms with van der Waals surface area (Å²) in [5.74, 6) is 0. The van der Waals surface area contributed by atoms with Crippen LogP contribution in [-0.2, 0) is 24.4 Å². The molecular formula is C32H28N4O. The molecule has 0 unspecified atom stereocenters. The molecule has 6 aromatic rings. The molecule has 0 saturated carbocycles. The Labute approximate surface area is 216 Å². The van der Waals surface area contributed by atoms with Crippen LogP contribution in [0.5, 0.6) is 0 Å². The summed E-state index contributed by atoms with van der Waals surface area (Å²) in [5, 5.41) is 7.09. The van der Waals surface area contributed by atoms with Gasteiger partial charge in [-0.2, -0.15) is 0 Å². The van der Waals surface area contributed by atoms with Crippen molar-refractivity contribution in [3.8, 4) is 0 Å². The van der Waals surface area contributed by atoms with Crippen LogP contribution in [-0.4, -0.2) is 33.0 Å². The molecule has 6 rings (SSSR count). The number of ether oxygens (including phenoxy) is 1. The molecule has 3 aromatic heterocycles. The summed E-state index contributed by atoms with van der Waals surface area (Å²) in [7, 11) is 0. The first-order valence-electron chi connectivity index (χ1n) is 12.6. The molecule has 0 aliphatic carbocycles. The first kappa shape index (κ1) is 23.2. The van der Waals surface area contributed by atoms with Crippen molar-refractivity contribution in [1.82, 2.24) is 19.9 Å². The molecule has 5 heteroatoms. The van der Waals surface area contributed by atoms with Crippen LogP contribution in [0.15, 0.2) is 110 Å². The highest BCUT2D eigenvalue weighted by Crippen LogP contribution is 2.22. The molecule has 0 spiro atoms. The molecule has 0 aliphatic heterocycles. The third kappa shape index (κ3) is 5.19. The van der Waals surface area contributed by atoms with Crippen molar-refractivity contribution < 1.29 is 4.74 Å². The summed E-state index contributed by atoms with van der Waals surface area (Å²) in [4.78, 5) is 16.4. The minimum Gasteiger partial charge on any atom is -0.374 e. The molecular weight excluding hydrogens is 456 g/mol. The van der Waals surface area contributed by atoms with Gasteiger partial charge in [-0.25, -0.2) is 0 Å². The van der Waals surface area contributed by atoms with Gasteiger partial charge in [0.15, 0.2) is 0 Å². The molecule has 0 amide bonds. The number of fused-ring (bicyclic) bond motifs is 3. The van der Waals surface area contributed by atoms with Crippen molar-refractivity contribution in [2.24, 2.45) is 0 Å². The van der Waals surface area contributed by atoms with Crippen LogP contribution in [0, 0.1) is 0 Å². The largest absolute Gasteiger partial charge is 0.374 e. The number of hydrogen-bond donors (Lipinski definition) is 0. The Kier molecular flexibility index (Phi) is 6.80. The Morgan fingerprint density at radius 2 is 0.946 bits per heavy atom. The third-order valence-electron chi connectivity index (χ3n) is 6.81. The van der Waals surface area contributed by atoms with Gasteiger partial charge in [0.05, 0.1) is 30.3 Å². The van der Waals surface area contributed by atoms with E-state index in [0.717, 1.165) is 29.0 Å². The smallest absolute Gasteiger partial charge is 0.0894 e. The van der Waals surface area contributed by atoms with E-state index < -0.39 is 0 Å². The number of nitrogens with zero attached hydrogens (tertiary/aromatic N) is 4. The van der Waals surface area contributed by atoms with E-state index in [9.17, 15) is 0 Å². The van der Waals surface area contributed by atoms with Crippen LogP contribution in [0.2, 0.25) is 0 Å². The second-order valence-corrected chi connectivity index (χ2v) is 9.20. The Bertz CT molecular complexity index is 1570. The fourth-order valence-electron chi connectivity index (χ4n) is 4.91. The van der Waals surface area contributed by atoms with Crippen LogP contribution in [0.25, 0.3) is 32.3 Å². The number of aromatic nitrogens is 3. The van der Waals surface area contributed by atoms with Gasteiger partial charge in [-0.3, -0.25) is 19.9 Å². The van der Waals surface area contributed by atoms with E-state index in [-0.39, 0.29) is 0 Å². The number of benzene rings is 3. The Hall–Kier alpha value is -4.19. The SMILES string of the molecule is c1ccc2c(COCCN(Cc3nccc4ccccc34)Cc3nccc4ccccc34)nccc2c1. The lowest BCUT2D eigenvalue weighted by Gasteiger charge is -2.23. The Morgan fingerprint density at radius 1 is 0.514 bits per heavy atom. The molecule has 5 nitrogen and oxygen atoms in total. The van der Waals surface area contributed by atoms with Gasteiger partial charge in [0.1, 0.15) is 0 Å². The monoisotopic (exact) mass is 484 g/mol. The maximum atomic E-state index is 6.16. The molecule has 37 heavy (non-hydrogen) atoms. The van der Waals surface area contributed by atoms with Gasteiger partial charge >= 0.3 is 0 Å². The minimum atomic E-state index is 0.480. The lowest BCUT2D eigenvalue weighted by atomic mass is 10.1. The van der Waals surface area contributed by atoms with E-state index in [0.29, 0.717) is 26.3 Å². The van der Waals surface area contributed by atoms with Crippen LogP contribution in [0.4, 0.5) is 0 Å². The Balaban J connectivity index is 1.22. The van der Waals surface area contributed by atoms with Gasteiger partial charge < -0.3 is 4.74 Å². The first-order valence-corrected chi connectivity index (χ1v) is 12.6. The van der Waals surface area contributed by atoms with Gasteiger partial charge in [-0.05, 0) is 34.4 Å². The van der Waals surface area contributed by atoms with Crippen molar-refractivity contribution in [2.45, 2.75) is 19.7 Å². The first-order chi connectivity index (χ1) is 18.3. The van der Waals surface area contributed by atoms with E-state index in [1.54, 1.807) is 0 Å². The summed E-state index contributed by atoms with van der Waals surface area (Å²) in [6.07, 6.45) is 5.65. The lowest BCUT2D eigenvalue weighted by molar-refractivity contribution is 0.0862. The summed E-state index contributed by atoms with van der Waals surface area (Å²) in [6, 6.07) is 31.3. The van der Waals surface area contributed by atoms with Gasteiger partial charge in [0.2, 0.25) is 0 Å². The molecule has 0 saturated heterocycles. The zero-order valence-corrected chi connectivity index (χ0v) is 20.6. The molecule has 0 N–H and O–H groups in total. The highest BCUT2D eigenvalue weighted by atomic mass is 16.5. The van der Waals surface area contributed by atoms with Gasteiger partial charge in [0, 0.05) is 54.4 Å². The molecule has 3 heterocycles. The van der Waals surface area contributed by atoms with E-state index in [4.69, 9.17) is 14.7 Å². The summed E-state index contributed by atoms with van der Waals surface area (Å²) in [5.41, 5.74) is 3.10. The van der Waals surface area contributed by atoms with Crippen molar-refractivity contribution >= 4 is 32.3 Å². The summed E-state index contributed by atoms with van der Waals surface area (Å²) < 4.78 is 6.16. The molecule has 3 aromatic carbocycles. The summed E-state index contributed by atoms with van der Waals surface area (Å²) in [6.45, 7) is 3.24. The van der Waals surface area contributed by atoms with Crippen molar-refractivity contribution in [3.63, 3.8) is 0 Å². The molecule has 0 bridgehead atoms. The quantitative estimate of drug-likeness (QED) is 0.218. The number of pyridine rings is 3. The highest BCUT2D eigenvalue weighted by molar-refractivity contribution is 5.85. The second kappa shape index (κ2) is 10.8. The number of rotatable bonds is 9. The van der Waals surface area contributed by atoms with Crippen LogP contribution < -0.4 is 0 Å². The zero-order chi connectivity index (χ0) is 24.9. The fraction of sp³-hybridized carbons (Fsp3) is 0.156. The van der Waals surface area contributed by atoms with Gasteiger partial charge in [0.25, 0.3) is 0 Å². The third-order valence-corrected chi connectivity index (χ3v) is 6.81. The second-order valence-electron chi connectivity index (χ2n) is 9.20. The van der Waals surface area contributed by atoms with Crippen molar-refractivity contribution in [1.29, 1.82) is 0 Å². The summed E-state index contributed by atoms with van der Waals surface area (Å²) >= 11 is 0. The highest BCUT2D eigenvalue weighted by Gasteiger charge is 2.14. The van der Waals surface area contributed by atoms with E-state index in [1.807, 2.05) is 36.8 Å². The topological polar surface area (TPSA) is 51.1 Å². The molecule has 0 aliphatic rings. The minimum absolute atomic E-state index is 0.480. The molecule has 0 atom stereocenters. The standard InChI is InChI=1S/C32H28N4O/c1-4-10-27-24(7-1)13-16-33-30(27)21-36(22-31-28-11-5-2-8-25(28)14-17-34-31)19-20-37-23-32-29-12-6-3-9-26(29)15-18-35-32/h1-18H,19-23H2. The Morgan fingerprint density at radius 3 is 1.46 bits per heavy atom. The van der Waals surface area contributed by atoms with Crippen LogP contribution >= 0.6 is 0 Å². The predicted octanol–water partition coefficient (Wildman–Crippen LogP) is 6.55. The van der Waals surface area contributed by atoms with E-state index in [2.05, 4.69) is 82.7 Å². The molecule has 0 fully saturated rings. The maximum absolute atomic E-state index is 6.16. The van der Waals surface area contributed by atoms with Gasteiger partial charge in [-0.15, -0.1) is 0 Å². The number of hydrogen-bond acceptors (Lipinski definition) is 5. The van der Waals surface area contributed by atoms with Crippen LogP contribution in [0.1, 0.15) is 17.1 Å². The van der Waals surface area contributed by atoms with Gasteiger partial charge in [-0.1, -0.05) is 72.8 Å². The maximum Gasteiger partial charge on any atom is 0.0894 e. The van der Waals surface area contributed by atoms with E-state index in [1.165, 1.54) is 26.9 Å². The average molecular weight is 485 g/mol. The zero-order valence-electron chi connectivity index (χ0n) is 20.6.